The molecule has 2 heterocycles. The Morgan fingerprint density at radius 2 is 1.85 bits per heavy atom. The highest BCUT2D eigenvalue weighted by Crippen LogP contribution is 2.21. The van der Waals surface area contributed by atoms with Crippen molar-refractivity contribution in [2.24, 2.45) is 0 Å². The minimum Gasteiger partial charge on any atom is -0.497 e. The third-order valence-electron chi connectivity index (χ3n) is 4.20. The highest BCUT2D eigenvalue weighted by Gasteiger charge is 2.28. The van der Waals surface area contributed by atoms with Crippen LogP contribution in [0.5, 0.6) is 5.75 Å². The summed E-state index contributed by atoms with van der Waals surface area (Å²) in [6.07, 6.45) is 2.56. The zero-order chi connectivity index (χ0) is 18.7. The van der Waals surface area contributed by atoms with Crippen LogP contribution < -0.4 is 4.74 Å². The zero-order valence-corrected chi connectivity index (χ0v) is 15.0. The summed E-state index contributed by atoms with van der Waals surface area (Å²) in [7, 11) is -2.03. The van der Waals surface area contributed by atoms with Crippen molar-refractivity contribution < 1.29 is 18.1 Å². The van der Waals surface area contributed by atoms with E-state index in [1.54, 1.807) is 12.1 Å². The minimum atomic E-state index is -3.55. The summed E-state index contributed by atoms with van der Waals surface area (Å²) < 4.78 is 33.4. The first-order chi connectivity index (χ1) is 12.4. The maximum absolute atomic E-state index is 12.7. The number of sulfonamides is 1. The molecule has 0 bridgehead atoms. The Labute approximate surface area is 150 Å². The molecule has 0 atom stereocenters. The lowest BCUT2D eigenvalue weighted by molar-refractivity contribution is -0.385. The van der Waals surface area contributed by atoms with Crippen LogP contribution in [0.15, 0.2) is 41.6 Å². The number of piperazine rings is 1. The molecule has 0 N–H and O–H groups in total. The first-order valence-electron chi connectivity index (χ1n) is 7.93. The monoisotopic (exact) mass is 381 g/mol. The standard InChI is InChI=1S/C15H19N5O5S/c1-25-14-2-4-15(5-3-14)26(23,24)19-8-6-17(7-9-19)12-18-11-13(10-16-18)20(21)22/h2-5,10-11H,6-9,12H2,1H3. The van der Waals surface area contributed by atoms with E-state index in [2.05, 4.69) is 5.10 Å². The number of aromatic nitrogens is 2. The second kappa shape index (κ2) is 7.40. The van der Waals surface area contributed by atoms with E-state index in [0.29, 0.717) is 38.6 Å². The fourth-order valence-corrected chi connectivity index (χ4v) is 4.16. The largest absolute Gasteiger partial charge is 0.497 e. The summed E-state index contributed by atoms with van der Waals surface area (Å²) in [5.74, 6) is 0.599. The Hall–Kier alpha value is -2.50. The molecular formula is C15H19N5O5S. The van der Waals surface area contributed by atoms with Crippen molar-refractivity contribution in [2.75, 3.05) is 33.3 Å². The highest BCUT2D eigenvalue weighted by atomic mass is 32.2. The minimum absolute atomic E-state index is 0.0641. The molecule has 0 unspecified atom stereocenters. The van der Waals surface area contributed by atoms with E-state index in [0.717, 1.165) is 0 Å². The molecule has 3 rings (SSSR count). The average molecular weight is 381 g/mol. The molecule has 2 aromatic rings. The molecule has 0 radical (unpaired) electrons. The zero-order valence-electron chi connectivity index (χ0n) is 14.2. The van der Waals surface area contributed by atoms with E-state index in [-0.39, 0.29) is 10.6 Å². The summed E-state index contributed by atoms with van der Waals surface area (Å²) >= 11 is 0. The Balaban J connectivity index is 1.60. The second-order valence-electron chi connectivity index (χ2n) is 5.83. The molecule has 0 spiro atoms. The summed E-state index contributed by atoms with van der Waals surface area (Å²) in [4.78, 5) is 12.4. The number of ether oxygens (including phenoxy) is 1. The Morgan fingerprint density at radius 3 is 2.38 bits per heavy atom. The van der Waals surface area contributed by atoms with Crippen LogP contribution in [0.4, 0.5) is 5.69 Å². The van der Waals surface area contributed by atoms with Gasteiger partial charge in [-0.25, -0.2) is 8.42 Å². The maximum atomic E-state index is 12.7. The summed E-state index contributed by atoms with van der Waals surface area (Å²) in [5.41, 5.74) is -0.0641. The van der Waals surface area contributed by atoms with E-state index in [1.165, 1.54) is 40.6 Å². The Bertz CT molecular complexity index is 872. The molecule has 10 nitrogen and oxygen atoms in total. The van der Waals surface area contributed by atoms with Gasteiger partial charge in [0.2, 0.25) is 10.0 Å². The molecule has 26 heavy (non-hydrogen) atoms. The van der Waals surface area contributed by atoms with Gasteiger partial charge in [-0.1, -0.05) is 0 Å². The molecule has 0 aliphatic carbocycles. The van der Waals surface area contributed by atoms with E-state index in [9.17, 15) is 18.5 Å². The van der Waals surface area contributed by atoms with Crippen LogP contribution >= 0.6 is 0 Å². The number of hydrogen-bond acceptors (Lipinski definition) is 7. The predicted molar refractivity (Wildman–Crippen MR) is 92.2 cm³/mol. The topological polar surface area (TPSA) is 111 Å². The van der Waals surface area contributed by atoms with Crippen LogP contribution in [0.3, 0.4) is 0 Å². The van der Waals surface area contributed by atoms with Crippen molar-refractivity contribution >= 4 is 15.7 Å². The summed E-state index contributed by atoms with van der Waals surface area (Å²) in [6, 6.07) is 6.30. The van der Waals surface area contributed by atoms with Gasteiger partial charge in [-0.3, -0.25) is 19.7 Å². The lowest BCUT2D eigenvalue weighted by atomic mass is 10.3. The van der Waals surface area contributed by atoms with Gasteiger partial charge in [0.1, 0.15) is 18.1 Å². The lowest BCUT2D eigenvalue weighted by Gasteiger charge is -2.33. The van der Waals surface area contributed by atoms with E-state index in [1.807, 2.05) is 4.90 Å². The quantitative estimate of drug-likeness (QED) is 0.536. The fourth-order valence-electron chi connectivity index (χ4n) is 2.74. The van der Waals surface area contributed by atoms with Crippen LogP contribution in [-0.4, -0.2) is 65.6 Å². The number of nitrogens with zero attached hydrogens (tertiary/aromatic N) is 5. The Morgan fingerprint density at radius 1 is 1.19 bits per heavy atom. The summed E-state index contributed by atoms with van der Waals surface area (Å²) in [6.45, 7) is 2.10. The van der Waals surface area contributed by atoms with Gasteiger partial charge in [0.15, 0.2) is 0 Å². The number of nitro groups is 1. The van der Waals surface area contributed by atoms with Gasteiger partial charge in [0.25, 0.3) is 0 Å². The van der Waals surface area contributed by atoms with Crippen LogP contribution in [0.1, 0.15) is 0 Å². The molecule has 1 saturated heterocycles. The SMILES string of the molecule is COc1ccc(S(=O)(=O)N2CCN(Cn3cc([N+](=O)[O-])cn3)CC2)cc1. The lowest BCUT2D eigenvalue weighted by Crippen LogP contribution is -2.48. The fraction of sp³-hybridized carbons (Fsp3) is 0.400. The maximum Gasteiger partial charge on any atom is 0.307 e. The van der Waals surface area contributed by atoms with E-state index in [4.69, 9.17) is 4.74 Å². The van der Waals surface area contributed by atoms with Gasteiger partial charge < -0.3 is 4.74 Å². The molecule has 0 amide bonds. The Kier molecular flexibility index (Phi) is 5.20. The third-order valence-corrected chi connectivity index (χ3v) is 6.12. The average Bonchev–Trinajstić information content (AvgIpc) is 3.11. The van der Waals surface area contributed by atoms with Gasteiger partial charge >= 0.3 is 5.69 Å². The number of methoxy groups -OCH3 is 1. The number of hydrogen-bond donors (Lipinski definition) is 0. The van der Waals surface area contributed by atoms with Crippen LogP contribution in [0, 0.1) is 10.1 Å². The number of benzene rings is 1. The second-order valence-corrected chi connectivity index (χ2v) is 7.77. The first-order valence-corrected chi connectivity index (χ1v) is 9.37. The molecule has 0 saturated carbocycles. The molecule has 1 aliphatic heterocycles. The normalized spacial score (nSPS) is 16.5. The third kappa shape index (κ3) is 3.84. The van der Waals surface area contributed by atoms with Gasteiger partial charge in [-0.05, 0) is 24.3 Å². The summed E-state index contributed by atoms with van der Waals surface area (Å²) in [5, 5.41) is 14.6. The van der Waals surface area contributed by atoms with E-state index < -0.39 is 14.9 Å². The number of rotatable bonds is 6. The highest BCUT2D eigenvalue weighted by molar-refractivity contribution is 7.89. The van der Waals surface area contributed by atoms with E-state index >= 15 is 0 Å². The van der Waals surface area contributed by atoms with Crippen molar-refractivity contribution in [3.63, 3.8) is 0 Å². The molecule has 1 aromatic carbocycles. The van der Waals surface area contributed by atoms with Crippen molar-refractivity contribution in [2.45, 2.75) is 11.6 Å². The molecule has 140 valence electrons. The van der Waals surface area contributed by atoms with Crippen LogP contribution in [0.2, 0.25) is 0 Å². The van der Waals surface area contributed by atoms with Crippen molar-refractivity contribution in [1.29, 1.82) is 0 Å². The molecule has 11 heteroatoms. The van der Waals surface area contributed by atoms with Gasteiger partial charge in [0, 0.05) is 26.2 Å². The predicted octanol–water partition coefficient (Wildman–Crippen LogP) is 0.764. The molecule has 1 fully saturated rings. The molecule has 1 aromatic heterocycles. The van der Waals surface area contributed by atoms with Crippen molar-refractivity contribution in [1.82, 2.24) is 19.0 Å². The first kappa shape index (κ1) is 18.3. The van der Waals surface area contributed by atoms with Crippen molar-refractivity contribution in [3.05, 3.63) is 46.8 Å². The molecular weight excluding hydrogens is 362 g/mol. The smallest absolute Gasteiger partial charge is 0.307 e. The van der Waals surface area contributed by atoms with Gasteiger partial charge in [0.05, 0.1) is 23.6 Å². The van der Waals surface area contributed by atoms with Gasteiger partial charge in [-0.15, -0.1) is 0 Å². The van der Waals surface area contributed by atoms with Crippen molar-refractivity contribution in [3.8, 4) is 5.75 Å². The molecule has 1 aliphatic rings. The van der Waals surface area contributed by atoms with Crippen LogP contribution in [0.25, 0.3) is 0 Å². The van der Waals surface area contributed by atoms with Crippen LogP contribution in [-0.2, 0) is 16.7 Å². The van der Waals surface area contributed by atoms with Gasteiger partial charge in [-0.2, -0.15) is 9.40 Å².